The Hall–Kier alpha value is -3.12. The fourth-order valence-corrected chi connectivity index (χ4v) is 2.62. The summed E-state index contributed by atoms with van der Waals surface area (Å²) >= 11 is 0. The molecule has 2 aromatic carbocycles. The third-order valence-electron chi connectivity index (χ3n) is 4.06. The lowest BCUT2D eigenvalue weighted by atomic mass is 10.1. The molecule has 0 atom stereocenters. The number of ether oxygens (including phenoxy) is 4. The Labute approximate surface area is 177 Å². The van der Waals surface area contributed by atoms with E-state index >= 15 is 0 Å². The van der Waals surface area contributed by atoms with Gasteiger partial charge in [0.1, 0.15) is 12.4 Å². The highest BCUT2D eigenvalue weighted by molar-refractivity contribution is 5.87. The fourth-order valence-electron chi connectivity index (χ4n) is 2.62. The van der Waals surface area contributed by atoms with Crippen LogP contribution in [0.4, 0.5) is 0 Å². The van der Waals surface area contributed by atoms with E-state index in [-0.39, 0.29) is 25.6 Å². The van der Waals surface area contributed by atoms with Crippen LogP contribution in [0.2, 0.25) is 0 Å². The summed E-state index contributed by atoms with van der Waals surface area (Å²) in [5, 5.41) is 0. The van der Waals surface area contributed by atoms with Gasteiger partial charge in [0, 0.05) is 6.08 Å². The van der Waals surface area contributed by atoms with Gasteiger partial charge in [-0.2, -0.15) is 0 Å². The third kappa shape index (κ3) is 8.49. The summed E-state index contributed by atoms with van der Waals surface area (Å²) in [6.07, 6.45) is 3.25. The Kier molecular flexibility index (Phi) is 10.2. The summed E-state index contributed by atoms with van der Waals surface area (Å²) in [6, 6.07) is 15.5. The maximum Gasteiger partial charge on any atom is 0.330 e. The lowest BCUT2D eigenvalue weighted by molar-refractivity contribution is -0.144. The zero-order valence-corrected chi connectivity index (χ0v) is 17.5. The summed E-state index contributed by atoms with van der Waals surface area (Å²) < 4.78 is 21.4. The average molecular weight is 412 g/mol. The number of rotatable bonds is 12. The molecule has 2 rings (SSSR count). The van der Waals surface area contributed by atoms with E-state index in [1.54, 1.807) is 19.9 Å². The Morgan fingerprint density at radius 3 is 2.43 bits per heavy atom. The molecular formula is C24H28O6. The van der Waals surface area contributed by atoms with Crippen molar-refractivity contribution in [3.63, 3.8) is 0 Å². The molecule has 0 saturated carbocycles. The van der Waals surface area contributed by atoms with Crippen molar-refractivity contribution in [3.8, 4) is 5.75 Å². The van der Waals surface area contributed by atoms with Crippen LogP contribution in [-0.2, 0) is 37.0 Å². The SMILES string of the molecule is CCOC(=O)/C=C/c1ccc(OCc2ccccc2)cc1COCCC(=O)OCC. The first-order valence-electron chi connectivity index (χ1n) is 10.00. The van der Waals surface area contributed by atoms with Crippen molar-refractivity contribution < 1.29 is 28.5 Å². The van der Waals surface area contributed by atoms with Crippen molar-refractivity contribution >= 4 is 18.0 Å². The molecule has 6 nitrogen and oxygen atoms in total. The zero-order valence-electron chi connectivity index (χ0n) is 17.5. The fraction of sp³-hybridized carbons (Fsp3) is 0.333. The normalized spacial score (nSPS) is 10.7. The van der Waals surface area contributed by atoms with Crippen LogP contribution in [0.3, 0.4) is 0 Å². The molecule has 2 aromatic rings. The number of carbonyl (C=O) groups is 2. The van der Waals surface area contributed by atoms with E-state index in [2.05, 4.69) is 0 Å². The minimum Gasteiger partial charge on any atom is -0.489 e. The highest BCUT2D eigenvalue weighted by Gasteiger charge is 2.07. The molecule has 0 unspecified atom stereocenters. The molecule has 160 valence electrons. The van der Waals surface area contributed by atoms with Gasteiger partial charge in [-0.25, -0.2) is 4.79 Å². The standard InChI is InChI=1S/C24H28O6/c1-3-28-23(25)13-11-20-10-12-22(30-17-19-8-6-5-7-9-19)16-21(20)18-27-15-14-24(26)29-4-2/h5-13,16H,3-4,14-15,17-18H2,1-2H3/b13-11+. The molecule has 0 heterocycles. The number of carbonyl (C=O) groups excluding carboxylic acids is 2. The van der Waals surface area contributed by atoms with Gasteiger partial charge in [-0.15, -0.1) is 0 Å². The van der Waals surface area contributed by atoms with Crippen molar-refractivity contribution in [1.82, 2.24) is 0 Å². The smallest absolute Gasteiger partial charge is 0.330 e. The highest BCUT2D eigenvalue weighted by atomic mass is 16.5. The van der Waals surface area contributed by atoms with Gasteiger partial charge in [0.25, 0.3) is 0 Å². The second-order valence-corrected chi connectivity index (χ2v) is 6.33. The zero-order chi connectivity index (χ0) is 21.6. The highest BCUT2D eigenvalue weighted by Crippen LogP contribution is 2.21. The Balaban J connectivity index is 2.05. The van der Waals surface area contributed by atoms with Gasteiger partial charge in [0.15, 0.2) is 0 Å². The van der Waals surface area contributed by atoms with E-state index in [1.807, 2.05) is 48.5 Å². The Morgan fingerprint density at radius 2 is 1.70 bits per heavy atom. The molecule has 0 aromatic heterocycles. The summed E-state index contributed by atoms with van der Waals surface area (Å²) in [5.74, 6) is -0.00732. The average Bonchev–Trinajstić information content (AvgIpc) is 2.75. The van der Waals surface area contributed by atoms with Crippen molar-refractivity contribution in [1.29, 1.82) is 0 Å². The first-order valence-corrected chi connectivity index (χ1v) is 10.00. The summed E-state index contributed by atoms with van der Waals surface area (Å²) in [7, 11) is 0. The largest absolute Gasteiger partial charge is 0.489 e. The van der Waals surface area contributed by atoms with Crippen LogP contribution in [-0.4, -0.2) is 31.8 Å². The van der Waals surface area contributed by atoms with Crippen LogP contribution in [0, 0.1) is 0 Å². The van der Waals surface area contributed by atoms with E-state index in [1.165, 1.54) is 6.08 Å². The molecule has 0 radical (unpaired) electrons. The van der Waals surface area contributed by atoms with E-state index in [9.17, 15) is 9.59 Å². The lowest BCUT2D eigenvalue weighted by Gasteiger charge is -2.12. The van der Waals surface area contributed by atoms with Crippen LogP contribution in [0.15, 0.2) is 54.6 Å². The van der Waals surface area contributed by atoms with Crippen molar-refractivity contribution in [2.45, 2.75) is 33.5 Å². The van der Waals surface area contributed by atoms with Gasteiger partial charge in [0.2, 0.25) is 0 Å². The number of benzene rings is 2. The molecular weight excluding hydrogens is 384 g/mol. The molecule has 0 fully saturated rings. The quantitative estimate of drug-likeness (QED) is 0.294. The number of esters is 2. The summed E-state index contributed by atoms with van der Waals surface area (Å²) in [5.41, 5.74) is 2.72. The molecule has 0 spiro atoms. The molecule has 6 heteroatoms. The first kappa shape index (κ1) is 23.2. The van der Waals surface area contributed by atoms with Crippen LogP contribution in [0.1, 0.15) is 37.0 Å². The van der Waals surface area contributed by atoms with Gasteiger partial charge in [-0.3, -0.25) is 4.79 Å². The molecule has 0 bridgehead atoms. The third-order valence-corrected chi connectivity index (χ3v) is 4.06. The molecule has 30 heavy (non-hydrogen) atoms. The van der Waals surface area contributed by atoms with Crippen LogP contribution >= 0.6 is 0 Å². The van der Waals surface area contributed by atoms with Crippen molar-refractivity contribution in [2.75, 3.05) is 19.8 Å². The summed E-state index contributed by atoms with van der Waals surface area (Å²) in [4.78, 5) is 23.1. The predicted molar refractivity (Wildman–Crippen MR) is 114 cm³/mol. The van der Waals surface area contributed by atoms with Crippen molar-refractivity contribution in [2.24, 2.45) is 0 Å². The summed E-state index contributed by atoms with van der Waals surface area (Å²) in [6.45, 7) is 5.15. The monoisotopic (exact) mass is 412 g/mol. The van der Waals surface area contributed by atoms with E-state index in [0.717, 1.165) is 16.7 Å². The van der Waals surface area contributed by atoms with E-state index < -0.39 is 5.97 Å². The number of hydrogen-bond acceptors (Lipinski definition) is 6. The van der Waals surface area contributed by atoms with Gasteiger partial charge in [-0.1, -0.05) is 36.4 Å². The van der Waals surface area contributed by atoms with E-state index in [0.29, 0.717) is 25.6 Å². The van der Waals surface area contributed by atoms with Gasteiger partial charge in [0.05, 0.1) is 32.8 Å². The maximum atomic E-state index is 11.6. The topological polar surface area (TPSA) is 71.1 Å². The molecule has 0 aliphatic heterocycles. The second-order valence-electron chi connectivity index (χ2n) is 6.33. The van der Waals surface area contributed by atoms with Crippen LogP contribution in [0.25, 0.3) is 6.08 Å². The second kappa shape index (κ2) is 13.2. The van der Waals surface area contributed by atoms with Gasteiger partial charge < -0.3 is 18.9 Å². The Bertz CT molecular complexity index is 829. The molecule has 0 saturated heterocycles. The minimum atomic E-state index is -0.406. The van der Waals surface area contributed by atoms with E-state index in [4.69, 9.17) is 18.9 Å². The molecule has 0 aliphatic rings. The van der Waals surface area contributed by atoms with Gasteiger partial charge >= 0.3 is 11.9 Å². The van der Waals surface area contributed by atoms with Crippen LogP contribution in [0.5, 0.6) is 5.75 Å². The molecule has 0 amide bonds. The van der Waals surface area contributed by atoms with Crippen molar-refractivity contribution in [3.05, 3.63) is 71.3 Å². The molecule has 0 N–H and O–H groups in total. The van der Waals surface area contributed by atoms with Crippen LogP contribution < -0.4 is 4.74 Å². The van der Waals surface area contributed by atoms with Gasteiger partial charge in [-0.05, 0) is 48.7 Å². The minimum absolute atomic E-state index is 0.187. The number of hydrogen-bond donors (Lipinski definition) is 0. The Morgan fingerprint density at radius 1 is 0.933 bits per heavy atom. The lowest BCUT2D eigenvalue weighted by Crippen LogP contribution is -2.08. The maximum absolute atomic E-state index is 11.6. The first-order chi connectivity index (χ1) is 14.6. The molecule has 0 aliphatic carbocycles. The predicted octanol–water partition coefficient (Wildman–Crippen LogP) is 4.31.